The lowest BCUT2D eigenvalue weighted by atomic mass is 10.1. The van der Waals surface area contributed by atoms with Crippen LogP contribution in [-0.2, 0) is 9.53 Å². The highest BCUT2D eigenvalue weighted by Gasteiger charge is 2.25. The van der Waals surface area contributed by atoms with Crippen LogP contribution in [0.1, 0.15) is 27.7 Å². The van der Waals surface area contributed by atoms with Gasteiger partial charge in [-0.05, 0) is 34.7 Å². The second-order valence-electron chi connectivity index (χ2n) is 4.10. The number of rotatable bonds is 4. The molecular formula is C9H20N2O2. The lowest BCUT2D eigenvalue weighted by Gasteiger charge is -2.29. The summed E-state index contributed by atoms with van der Waals surface area (Å²) in [4.78, 5) is 10.9. The summed E-state index contributed by atoms with van der Waals surface area (Å²) in [6.45, 7) is 7.66. The molecule has 0 aliphatic rings. The molecule has 0 fully saturated rings. The third-order valence-corrected chi connectivity index (χ3v) is 1.63. The van der Waals surface area contributed by atoms with Gasteiger partial charge in [-0.3, -0.25) is 4.79 Å². The molecule has 0 rings (SSSR count). The molecule has 0 bridgehead atoms. The molecule has 78 valence electrons. The van der Waals surface area contributed by atoms with Crippen LogP contribution in [0.5, 0.6) is 0 Å². The Morgan fingerprint density at radius 3 is 2.15 bits per heavy atom. The molecular weight excluding hydrogens is 168 g/mol. The SMILES string of the molecule is CNC(C(N)=O)C(C)OC(C)(C)C. The maximum atomic E-state index is 10.9. The average Bonchev–Trinajstić information content (AvgIpc) is 1.82. The fraction of sp³-hybridized carbons (Fsp3) is 0.889. The van der Waals surface area contributed by atoms with E-state index in [2.05, 4.69) is 5.32 Å². The molecule has 2 unspecified atom stereocenters. The van der Waals surface area contributed by atoms with Crippen LogP contribution >= 0.6 is 0 Å². The van der Waals surface area contributed by atoms with E-state index in [1.165, 1.54) is 0 Å². The Kier molecular flexibility index (Phi) is 4.36. The van der Waals surface area contributed by atoms with E-state index >= 15 is 0 Å². The molecule has 0 aromatic rings. The number of likely N-dealkylation sites (N-methyl/N-ethyl adjacent to an activating group) is 1. The Bertz CT molecular complexity index is 175. The summed E-state index contributed by atoms with van der Waals surface area (Å²) in [6.07, 6.45) is -0.220. The van der Waals surface area contributed by atoms with Crippen molar-refractivity contribution in [3.8, 4) is 0 Å². The van der Waals surface area contributed by atoms with Gasteiger partial charge >= 0.3 is 0 Å². The summed E-state index contributed by atoms with van der Waals surface area (Å²) in [5, 5.41) is 2.82. The third-order valence-electron chi connectivity index (χ3n) is 1.63. The van der Waals surface area contributed by atoms with Gasteiger partial charge in [0, 0.05) is 0 Å². The number of amides is 1. The van der Waals surface area contributed by atoms with Crippen LogP contribution < -0.4 is 11.1 Å². The van der Waals surface area contributed by atoms with Gasteiger partial charge in [0.15, 0.2) is 0 Å². The van der Waals surface area contributed by atoms with Crippen molar-refractivity contribution in [3.63, 3.8) is 0 Å². The highest BCUT2D eigenvalue weighted by molar-refractivity contribution is 5.80. The Labute approximate surface area is 79.8 Å². The molecule has 0 saturated heterocycles. The van der Waals surface area contributed by atoms with Crippen molar-refractivity contribution >= 4 is 5.91 Å². The fourth-order valence-corrected chi connectivity index (χ4v) is 1.23. The number of nitrogens with one attached hydrogen (secondary N) is 1. The molecule has 0 saturated carbocycles. The minimum absolute atomic E-state index is 0.220. The first-order valence-corrected chi connectivity index (χ1v) is 4.42. The Hall–Kier alpha value is -0.610. The first-order chi connectivity index (χ1) is 5.78. The minimum atomic E-state index is -0.431. The van der Waals surface area contributed by atoms with E-state index in [0.29, 0.717) is 0 Å². The summed E-state index contributed by atoms with van der Waals surface area (Å²) in [5.41, 5.74) is 4.93. The number of hydrogen-bond acceptors (Lipinski definition) is 3. The van der Waals surface area contributed by atoms with Gasteiger partial charge in [0.25, 0.3) is 0 Å². The van der Waals surface area contributed by atoms with Crippen molar-refractivity contribution < 1.29 is 9.53 Å². The lowest BCUT2D eigenvalue weighted by molar-refractivity contribution is -0.127. The van der Waals surface area contributed by atoms with Gasteiger partial charge in [0.1, 0.15) is 6.04 Å². The normalized spacial score (nSPS) is 16.7. The van der Waals surface area contributed by atoms with Gasteiger partial charge in [-0.2, -0.15) is 0 Å². The molecule has 13 heavy (non-hydrogen) atoms. The van der Waals surface area contributed by atoms with E-state index in [1.807, 2.05) is 27.7 Å². The molecule has 3 N–H and O–H groups in total. The first-order valence-electron chi connectivity index (χ1n) is 4.42. The van der Waals surface area contributed by atoms with Crippen molar-refractivity contribution in [2.75, 3.05) is 7.05 Å². The Morgan fingerprint density at radius 2 is 1.92 bits per heavy atom. The topological polar surface area (TPSA) is 64.3 Å². The van der Waals surface area contributed by atoms with Gasteiger partial charge in [-0.15, -0.1) is 0 Å². The largest absolute Gasteiger partial charge is 0.371 e. The lowest BCUT2D eigenvalue weighted by Crippen LogP contribution is -2.49. The molecule has 0 aromatic carbocycles. The number of hydrogen-bond donors (Lipinski definition) is 2. The summed E-state index contributed by atoms with van der Waals surface area (Å²) in [5.74, 6) is -0.390. The maximum absolute atomic E-state index is 10.9. The number of primary amides is 1. The standard InChI is InChI=1S/C9H20N2O2/c1-6(13-9(2,3)4)7(11-5)8(10)12/h6-7,11H,1-5H3,(H2,10,12). The fourth-order valence-electron chi connectivity index (χ4n) is 1.23. The van der Waals surface area contributed by atoms with Crippen LogP contribution in [0.4, 0.5) is 0 Å². The average molecular weight is 188 g/mol. The van der Waals surface area contributed by atoms with E-state index in [4.69, 9.17) is 10.5 Å². The summed E-state index contributed by atoms with van der Waals surface area (Å²) < 4.78 is 5.59. The first kappa shape index (κ1) is 12.4. The van der Waals surface area contributed by atoms with Crippen molar-refractivity contribution in [2.24, 2.45) is 5.73 Å². The van der Waals surface area contributed by atoms with E-state index in [9.17, 15) is 4.79 Å². The highest BCUT2D eigenvalue weighted by Crippen LogP contribution is 2.12. The molecule has 0 heterocycles. The second kappa shape index (κ2) is 4.58. The predicted molar refractivity (Wildman–Crippen MR) is 52.3 cm³/mol. The summed E-state index contributed by atoms with van der Waals surface area (Å²) in [7, 11) is 1.69. The van der Waals surface area contributed by atoms with Crippen LogP contribution in [0.25, 0.3) is 0 Å². The number of nitrogens with two attached hydrogens (primary N) is 1. The zero-order chi connectivity index (χ0) is 10.6. The quantitative estimate of drug-likeness (QED) is 0.665. The van der Waals surface area contributed by atoms with Gasteiger partial charge in [-0.1, -0.05) is 0 Å². The van der Waals surface area contributed by atoms with Crippen molar-refractivity contribution in [1.82, 2.24) is 5.32 Å². The maximum Gasteiger partial charge on any atom is 0.237 e. The van der Waals surface area contributed by atoms with E-state index < -0.39 is 6.04 Å². The molecule has 2 atom stereocenters. The van der Waals surface area contributed by atoms with Crippen LogP contribution in [0.2, 0.25) is 0 Å². The molecule has 0 spiro atoms. The van der Waals surface area contributed by atoms with Gasteiger partial charge in [0.2, 0.25) is 5.91 Å². The van der Waals surface area contributed by atoms with Crippen molar-refractivity contribution in [1.29, 1.82) is 0 Å². The second-order valence-corrected chi connectivity index (χ2v) is 4.10. The molecule has 0 aliphatic heterocycles. The number of ether oxygens (including phenoxy) is 1. The van der Waals surface area contributed by atoms with E-state index in [1.54, 1.807) is 7.05 Å². The van der Waals surface area contributed by atoms with Gasteiger partial charge < -0.3 is 15.8 Å². The van der Waals surface area contributed by atoms with E-state index in [0.717, 1.165) is 0 Å². The molecule has 1 amide bonds. The molecule has 0 aliphatic carbocycles. The van der Waals surface area contributed by atoms with Crippen LogP contribution in [0.3, 0.4) is 0 Å². The Morgan fingerprint density at radius 1 is 1.46 bits per heavy atom. The van der Waals surface area contributed by atoms with Crippen LogP contribution in [0.15, 0.2) is 0 Å². The summed E-state index contributed by atoms with van der Waals surface area (Å²) in [6, 6.07) is -0.431. The molecule has 0 aromatic heterocycles. The predicted octanol–water partition coefficient (Wildman–Crippen LogP) is 0.263. The molecule has 4 heteroatoms. The smallest absolute Gasteiger partial charge is 0.237 e. The minimum Gasteiger partial charge on any atom is -0.371 e. The zero-order valence-corrected chi connectivity index (χ0v) is 9.05. The van der Waals surface area contributed by atoms with Gasteiger partial charge in [-0.25, -0.2) is 0 Å². The number of carbonyl (C=O) groups is 1. The van der Waals surface area contributed by atoms with Gasteiger partial charge in [0.05, 0.1) is 11.7 Å². The third kappa shape index (κ3) is 4.85. The summed E-state index contributed by atoms with van der Waals surface area (Å²) >= 11 is 0. The van der Waals surface area contributed by atoms with Crippen LogP contribution in [-0.4, -0.2) is 30.7 Å². The molecule has 0 radical (unpaired) electrons. The molecule has 4 nitrogen and oxygen atoms in total. The number of carbonyl (C=O) groups excluding carboxylic acids is 1. The highest BCUT2D eigenvalue weighted by atomic mass is 16.5. The van der Waals surface area contributed by atoms with E-state index in [-0.39, 0.29) is 17.6 Å². The zero-order valence-electron chi connectivity index (χ0n) is 9.05. The van der Waals surface area contributed by atoms with Crippen LogP contribution in [0, 0.1) is 0 Å². The van der Waals surface area contributed by atoms with Crippen molar-refractivity contribution in [3.05, 3.63) is 0 Å². The monoisotopic (exact) mass is 188 g/mol. The Balaban J connectivity index is 4.22. The van der Waals surface area contributed by atoms with Crippen molar-refractivity contribution in [2.45, 2.75) is 45.4 Å².